The van der Waals surface area contributed by atoms with Crippen molar-refractivity contribution in [3.63, 3.8) is 0 Å². The van der Waals surface area contributed by atoms with E-state index < -0.39 is 0 Å². The maximum absolute atomic E-state index is 13.1. The summed E-state index contributed by atoms with van der Waals surface area (Å²) in [6.45, 7) is 2.10. The van der Waals surface area contributed by atoms with Crippen LogP contribution in [0.5, 0.6) is 11.5 Å². The molecule has 2 aromatic heterocycles. The van der Waals surface area contributed by atoms with Gasteiger partial charge in [0.05, 0.1) is 5.69 Å². The zero-order valence-electron chi connectivity index (χ0n) is 15.5. The van der Waals surface area contributed by atoms with E-state index in [1.54, 1.807) is 16.8 Å². The highest BCUT2D eigenvalue weighted by Crippen LogP contribution is 2.30. The average Bonchev–Trinajstić information content (AvgIpc) is 3.00. The Labute approximate surface area is 166 Å². The first-order chi connectivity index (χ1) is 13.5. The zero-order chi connectivity index (χ0) is 19.7. The molecule has 0 saturated heterocycles. The van der Waals surface area contributed by atoms with E-state index >= 15 is 0 Å². The number of ether oxygens (including phenoxy) is 1. The molecule has 4 rings (SSSR count). The molecule has 0 spiro atoms. The van der Waals surface area contributed by atoms with Crippen LogP contribution in [0.25, 0.3) is 22.4 Å². The molecule has 4 aromatic rings. The molecule has 0 atom stereocenters. The van der Waals surface area contributed by atoms with Gasteiger partial charge in [0.25, 0.3) is 0 Å². The summed E-state index contributed by atoms with van der Waals surface area (Å²) in [5.41, 5.74) is 3.18. The molecule has 2 heterocycles. The van der Waals surface area contributed by atoms with Crippen molar-refractivity contribution in [2.45, 2.75) is 19.8 Å². The van der Waals surface area contributed by atoms with Crippen molar-refractivity contribution in [3.8, 4) is 22.9 Å². The van der Waals surface area contributed by atoms with Crippen molar-refractivity contribution in [2.75, 3.05) is 0 Å². The lowest BCUT2D eigenvalue weighted by Crippen LogP contribution is -1.95. The van der Waals surface area contributed by atoms with E-state index in [4.69, 9.17) is 21.3 Å². The lowest BCUT2D eigenvalue weighted by atomic mass is 10.2. The topological polar surface area (TPSA) is 52.8 Å². The number of benzene rings is 2. The molecule has 0 fully saturated rings. The second-order valence-electron chi connectivity index (χ2n) is 6.44. The van der Waals surface area contributed by atoms with Crippen molar-refractivity contribution in [3.05, 3.63) is 65.2 Å². The first-order valence-corrected chi connectivity index (χ1v) is 9.36. The van der Waals surface area contributed by atoms with Crippen molar-refractivity contribution in [2.24, 2.45) is 7.05 Å². The Morgan fingerprint density at radius 3 is 2.61 bits per heavy atom. The van der Waals surface area contributed by atoms with Gasteiger partial charge >= 0.3 is 0 Å². The first-order valence-electron chi connectivity index (χ1n) is 8.98. The van der Waals surface area contributed by atoms with Gasteiger partial charge in [-0.3, -0.25) is 4.68 Å². The minimum atomic E-state index is -0.309. The van der Waals surface area contributed by atoms with Crippen LogP contribution in [0.15, 0.2) is 48.5 Å². The van der Waals surface area contributed by atoms with E-state index in [2.05, 4.69) is 17.0 Å². The number of halogens is 2. The summed E-state index contributed by atoms with van der Waals surface area (Å²) < 4.78 is 20.6. The van der Waals surface area contributed by atoms with E-state index in [1.807, 2.05) is 31.3 Å². The van der Waals surface area contributed by atoms with Crippen molar-refractivity contribution < 1.29 is 9.13 Å². The summed E-state index contributed by atoms with van der Waals surface area (Å²) in [5, 5.41) is 4.89. The molecule has 7 heteroatoms. The van der Waals surface area contributed by atoms with Crippen LogP contribution in [-0.2, 0) is 13.5 Å². The molecule has 5 nitrogen and oxygen atoms in total. The minimum Gasteiger partial charge on any atom is -0.457 e. The highest BCUT2D eigenvalue weighted by Gasteiger charge is 2.16. The molecular weight excluding hydrogens is 379 g/mol. The molecular formula is C21H18ClFN4O. The largest absolute Gasteiger partial charge is 0.457 e. The first kappa shape index (κ1) is 18.4. The van der Waals surface area contributed by atoms with Crippen LogP contribution in [0, 0.1) is 5.82 Å². The number of nitrogens with zero attached hydrogens (tertiary/aromatic N) is 4. The van der Waals surface area contributed by atoms with Crippen molar-refractivity contribution >= 4 is 22.6 Å². The molecule has 0 aliphatic carbocycles. The Morgan fingerprint density at radius 2 is 1.86 bits per heavy atom. The predicted molar refractivity (Wildman–Crippen MR) is 107 cm³/mol. The lowest BCUT2D eigenvalue weighted by molar-refractivity contribution is 0.481. The molecule has 0 aliphatic rings. The molecule has 142 valence electrons. The fourth-order valence-corrected chi connectivity index (χ4v) is 3.36. The molecule has 0 radical (unpaired) electrons. The van der Waals surface area contributed by atoms with Gasteiger partial charge in [-0.15, -0.1) is 0 Å². The highest BCUT2D eigenvalue weighted by atomic mass is 35.5. The summed E-state index contributed by atoms with van der Waals surface area (Å²) in [5.74, 6) is 1.35. The number of rotatable bonds is 5. The van der Waals surface area contributed by atoms with Crippen LogP contribution in [0.2, 0.25) is 5.15 Å². The lowest BCUT2D eigenvalue weighted by Gasteiger charge is -2.08. The fraction of sp³-hybridized carbons (Fsp3) is 0.190. The van der Waals surface area contributed by atoms with Crippen LogP contribution in [0.1, 0.15) is 19.0 Å². The molecule has 0 N–H and O–H groups in total. The van der Waals surface area contributed by atoms with Crippen LogP contribution in [0.4, 0.5) is 4.39 Å². The van der Waals surface area contributed by atoms with E-state index in [9.17, 15) is 4.39 Å². The SMILES string of the molecule is CCCc1nn(C)c2c(Cl)nc(-c3cccc(Oc4ccc(F)cc4)c3)nc12. The second-order valence-corrected chi connectivity index (χ2v) is 6.80. The van der Waals surface area contributed by atoms with Gasteiger partial charge in [0.1, 0.15) is 28.3 Å². The summed E-state index contributed by atoms with van der Waals surface area (Å²) in [4.78, 5) is 9.18. The van der Waals surface area contributed by atoms with E-state index in [0.717, 1.165) is 35.1 Å². The second kappa shape index (κ2) is 7.56. The molecule has 0 unspecified atom stereocenters. The zero-order valence-corrected chi connectivity index (χ0v) is 16.2. The third kappa shape index (κ3) is 3.55. The molecule has 0 amide bonds. The molecule has 0 aliphatic heterocycles. The fourth-order valence-electron chi connectivity index (χ4n) is 3.07. The normalized spacial score (nSPS) is 11.1. The molecule has 0 saturated carbocycles. The van der Waals surface area contributed by atoms with Crippen LogP contribution >= 0.6 is 11.6 Å². The third-order valence-electron chi connectivity index (χ3n) is 4.34. The van der Waals surface area contributed by atoms with E-state index in [0.29, 0.717) is 22.5 Å². The third-order valence-corrected chi connectivity index (χ3v) is 4.60. The van der Waals surface area contributed by atoms with Crippen LogP contribution < -0.4 is 4.74 Å². The number of hydrogen-bond acceptors (Lipinski definition) is 4. The molecule has 2 aromatic carbocycles. The Bertz CT molecular complexity index is 1140. The number of hydrogen-bond donors (Lipinski definition) is 0. The Morgan fingerprint density at radius 1 is 1.07 bits per heavy atom. The van der Waals surface area contributed by atoms with Gasteiger partial charge in [-0.05, 0) is 42.8 Å². The maximum Gasteiger partial charge on any atom is 0.161 e. The summed E-state index contributed by atoms with van der Waals surface area (Å²) in [6, 6.07) is 13.3. The summed E-state index contributed by atoms with van der Waals surface area (Å²) in [6.07, 6.45) is 1.78. The van der Waals surface area contributed by atoms with Crippen molar-refractivity contribution in [1.29, 1.82) is 0 Å². The van der Waals surface area contributed by atoms with Gasteiger partial charge in [0, 0.05) is 12.6 Å². The highest BCUT2D eigenvalue weighted by molar-refractivity contribution is 6.33. The smallest absolute Gasteiger partial charge is 0.161 e. The van der Waals surface area contributed by atoms with Crippen molar-refractivity contribution in [1.82, 2.24) is 19.7 Å². The van der Waals surface area contributed by atoms with Crippen LogP contribution in [-0.4, -0.2) is 19.7 Å². The van der Waals surface area contributed by atoms with Gasteiger partial charge in [-0.2, -0.15) is 5.10 Å². The minimum absolute atomic E-state index is 0.309. The Kier molecular flexibility index (Phi) is 4.96. The molecule has 0 bridgehead atoms. The molecule has 28 heavy (non-hydrogen) atoms. The Hall–Kier alpha value is -2.99. The van der Waals surface area contributed by atoms with Gasteiger partial charge in [-0.25, -0.2) is 14.4 Å². The van der Waals surface area contributed by atoms with Gasteiger partial charge in [0.15, 0.2) is 11.0 Å². The predicted octanol–water partition coefficient (Wildman–Crippen LogP) is 5.57. The maximum atomic E-state index is 13.1. The van der Waals surface area contributed by atoms with Crippen LogP contribution in [0.3, 0.4) is 0 Å². The van der Waals surface area contributed by atoms with Gasteiger partial charge < -0.3 is 4.74 Å². The monoisotopic (exact) mass is 396 g/mol. The summed E-state index contributed by atoms with van der Waals surface area (Å²) >= 11 is 6.44. The van der Waals surface area contributed by atoms with E-state index in [-0.39, 0.29) is 5.82 Å². The standard InChI is InChI=1S/C21H18ClFN4O/c1-3-5-17-18-19(27(2)26-17)20(22)25-21(24-18)13-6-4-7-16(12-13)28-15-10-8-14(23)9-11-15/h4,6-12H,3,5H2,1-2H3. The average molecular weight is 397 g/mol. The summed E-state index contributed by atoms with van der Waals surface area (Å²) in [7, 11) is 1.84. The Balaban J connectivity index is 1.73. The number of aryl methyl sites for hydroxylation is 2. The number of fused-ring (bicyclic) bond motifs is 1. The van der Waals surface area contributed by atoms with Gasteiger partial charge in [-0.1, -0.05) is 37.1 Å². The quantitative estimate of drug-likeness (QED) is 0.414. The number of aromatic nitrogens is 4. The van der Waals surface area contributed by atoms with E-state index in [1.165, 1.54) is 12.1 Å². The van der Waals surface area contributed by atoms with Gasteiger partial charge in [0.2, 0.25) is 0 Å².